The van der Waals surface area contributed by atoms with Crippen LogP contribution in [0.5, 0.6) is 0 Å². The lowest BCUT2D eigenvalue weighted by atomic mass is 9.85. The van der Waals surface area contributed by atoms with Gasteiger partial charge >= 0.3 is 7.60 Å². The van der Waals surface area contributed by atoms with Gasteiger partial charge in [0.05, 0.1) is 13.2 Å². The first-order valence-corrected chi connectivity index (χ1v) is 7.94. The van der Waals surface area contributed by atoms with Gasteiger partial charge in [-0.1, -0.05) is 26.8 Å². The summed E-state index contributed by atoms with van der Waals surface area (Å²) in [6, 6.07) is 0. The molecule has 0 unspecified atom stereocenters. The highest BCUT2D eigenvalue weighted by Gasteiger charge is 2.42. The summed E-state index contributed by atoms with van der Waals surface area (Å²) in [5.41, 5.74) is -0.436. The Labute approximate surface area is 110 Å². The van der Waals surface area contributed by atoms with Crippen molar-refractivity contribution in [1.82, 2.24) is 0 Å². The fourth-order valence-electron chi connectivity index (χ4n) is 1.95. The monoisotopic (exact) mass is 276 g/mol. The van der Waals surface area contributed by atoms with E-state index in [9.17, 15) is 9.36 Å². The molecule has 0 aromatic rings. The summed E-state index contributed by atoms with van der Waals surface area (Å²) in [6.45, 7) is 13.2. The van der Waals surface area contributed by atoms with Crippen molar-refractivity contribution >= 4 is 13.1 Å². The molecule has 106 valence electrons. The maximum Gasteiger partial charge on any atom is 0.396 e. The van der Waals surface area contributed by atoms with E-state index in [1.165, 1.54) is 0 Å². The van der Waals surface area contributed by atoms with Gasteiger partial charge in [0.1, 0.15) is 0 Å². The van der Waals surface area contributed by atoms with Gasteiger partial charge in [-0.25, -0.2) is 0 Å². The lowest BCUT2D eigenvalue weighted by Gasteiger charge is -2.27. The number of allylic oxidation sites excluding steroid dienone is 1. The molecule has 0 spiro atoms. The zero-order valence-corrected chi connectivity index (χ0v) is 12.9. The van der Waals surface area contributed by atoms with Crippen LogP contribution in [-0.4, -0.2) is 18.7 Å². The first kappa shape index (κ1) is 17.6. The zero-order chi connectivity index (χ0) is 14.3. The fourth-order valence-corrected chi connectivity index (χ4v) is 3.86. The van der Waals surface area contributed by atoms with Gasteiger partial charge in [-0.2, -0.15) is 0 Å². The Morgan fingerprint density at radius 2 is 1.67 bits per heavy atom. The van der Waals surface area contributed by atoms with Gasteiger partial charge in [0.15, 0.2) is 0 Å². The van der Waals surface area contributed by atoms with Crippen LogP contribution < -0.4 is 0 Å². The van der Waals surface area contributed by atoms with Gasteiger partial charge in [-0.3, -0.25) is 9.36 Å². The Bertz CT molecular complexity index is 315. The number of carbonyl (C=O) groups excluding carboxylic acids is 1. The highest BCUT2D eigenvalue weighted by molar-refractivity contribution is 7.71. The lowest BCUT2D eigenvalue weighted by molar-refractivity contribution is -0.119. The van der Waals surface area contributed by atoms with Crippen LogP contribution in [0.4, 0.5) is 0 Å². The molecule has 5 heteroatoms. The summed E-state index contributed by atoms with van der Waals surface area (Å²) in [7, 11) is -3.67. The standard InChI is InChI=1S/C13H25O4P/c1-7-11(6)12(10(4)5)13(14)18(15,16-8-2)17-9-3/h7,10-12H,1,8-9H2,2-6H3/t11-,12-/m0/s1. The number of rotatable bonds is 9. The van der Waals surface area contributed by atoms with Crippen LogP contribution in [0.2, 0.25) is 0 Å². The molecule has 0 fully saturated rings. The SMILES string of the molecule is C=C[C@H](C)[C@@H](C(=O)P(=O)(OCC)OCC)C(C)C. The first-order valence-electron chi connectivity index (χ1n) is 6.40. The topological polar surface area (TPSA) is 52.6 Å². The molecule has 0 heterocycles. The Morgan fingerprint density at radius 3 is 1.94 bits per heavy atom. The summed E-state index contributed by atoms with van der Waals surface area (Å²) in [6.07, 6.45) is 1.70. The molecule has 0 radical (unpaired) electrons. The Kier molecular flexibility index (Phi) is 7.69. The summed E-state index contributed by atoms with van der Waals surface area (Å²) in [5.74, 6) is -0.405. The van der Waals surface area contributed by atoms with E-state index >= 15 is 0 Å². The Balaban J connectivity index is 5.25. The second-order valence-electron chi connectivity index (χ2n) is 4.54. The van der Waals surface area contributed by atoms with Crippen LogP contribution in [0.25, 0.3) is 0 Å². The number of hydrogen-bond donors (Lipinski definition) is 0. The molecule has 0 saturated heterocycles. The zero-order valence-electron chi connectivity index (χ0n) is 12.0. The third-order valence-electron chi connectivity index (χ3n) is 2.81. The molecule has 0 rings (SSSR count). The fraction of sp³-hybridized carbons (Fsp3) is 0.769. The van der Waals surface area contributed by atoms with Crippen LogP contribution in [0.15, 0.2) is 12.7 Å². The molecular formula is C13H25O4P. The maximum atomic E-state index is 12.5. The van der Waals surface area contributed by atoms with E-state index in [1.54, 1.807) is 19.9 Å². The molecule has 0 N–H and O–H groups in total. The normalized spacial score (nSPS) is 15.4. The first-order chi connectivity index (χ1) is 8.33. The molecule has 0 saturated carbocycles. The van der Waals surface area contributed by atoms with E-state index in [2.05, 4.69) is 6.58 Å². The van der Waals surface area contributed by atoms with E-state index in [-0.39, 0.29) is 25.0 Å². The van der Waals surface area contributed by atoms with Crippen molar-refractivity contribution < 1.29 is 18.4 Å². The van der Waals surface area contributed by atoms with Gasteiger partial charge in [0.25, 0.3) is 0 Å². The predicted molar refractivity (Wildman–Crippen MR) is 73.6 cm³/mol. The minimum atomic E-state index is -3.67. The molecule has 0 aromatic heterocycles. The molecular weight excluding hydrogens is 251 g/mol. The molecule has 18 heavy (non-hydrogen) atoms. The Morgan fingerprint density at radius 1 is 1.22 bits per heavy atom. The lowest BCUT2D eigenvalue weighted by Crippen LogP contribution is -2.27. The van der Waals surface area contributed by atoms with Gasteiger partial charge in [-0.05, 0) is 25.7 Å². The quantitative estimate of drug-likeness (QED) is 0.474. The summed E-state index contributed by atoms with van der Waals surface area (Å²) in [5, 5.41) is 0. The highest BCUT2D eigenvalue weighted by atomic mass is 31.2. The largest absolute Gasteiger partial charge is 0.396 e. The van der Waals surface area contributed by atoms with Crippen molar-refractivity contribution in [3.8, 4) is 0 Å². The van der Waals surface area contributed by atoms with Crippen LogP contribution in [-0.2, 0) is 18.4 Å². The van der Waals surface area contributed by atoms with Crippen molar-refractivity contribution in [3.63, 3.8) is 0 Å². The minimum absolute atomic E-state index is 0.0553. The number of carbonyl (C=O) groups is 1. The summed E-state index contributed by atoms with van der Waals surface area (Å²) >= 11 is 0. The van der Waals surface area contributed by atoms with E-state index in [0.29, 0.717) is 0 Å². The third kappa shape index (κ3) is 4.34. The number of hydrogen-bond acceptors (Lipinski definition) is 4. The van der Waals surface area contributed by atoms with Crippen LogP contribution in [0, 0.1) is 17.8 Å². The molecule has 0 aliphatic carbocycles. The maximum absolute atomic E-state index is 12.5. The summed E-state index contributed by atoms with van der Waals surface area (Å²) < 4.78 is 22.7. The predicted octanol–water partition coefficient (Wildman–Crippen LogP) is 3.87. The second kappa shape index (κ2) is 7.88. The average Bonchev–Trinajstić information content (AvgIpc) is 2.28. The molecule has 0 bridgehead atoms. The third-order valence-corrected chi connectivity index (χ3v) is 4.84. The minimum Gasteiger partial charge on any atom is -0.303 e. The van der Waals surface area contributed by atoms with Gasteiger partial charge < -0.3 is 9.05 Å². The van der Waals surface area contributed by atoms with Gasteiger partial charge in [0.2, 0.25) is 5.52 Å². The van der Waals surface area contributed by atoms with Crippen molar-refractivity contribution in [3.05, 3.63) is 12.7 Å². The van der Waals surface area contributed by atoms with Crippen LogP contribution >= 0.6 is 7.60 Å². The van der Waals surface area contributed by atoms with Gasteiger partial charge in [0, 0.05) is 5.92 Å². The van der Waals surface area contributed by atoms with Crippen molar-refractivity contribution in [1.29, 1.82) is 0 Å². The van der Waals surface area contributed by atoms with Crippen molar-refractivity contribution in [2.45, 2.75) is 34.6 Å². The van der Waals surface area contributed by atoms with E-state index in [0.717, 1.165) is 0 Å². The molecule has 0 aromatic carbocycles. The van der Waals surface area contributed by atoms with E-state index in [4.69, 9.17) is 9.05 Å². The Hall–Kier alpha value is -0.440. The highest BCUT2D eigenvalue weighted by Crippen LogP contribution is 2.53. The molecule has 0 aliphatic rings. The van der Waals surface area contributed by atoms with E-state index < -0.39 is 19.0 Å². The van der Waals surface area contributed by atoms with Gasteiger partial charge in [-0.15, -0.1) is 6.58 Å². The smallest absolute Gasteiger partial charge is 0.303 e. The molecule has 0 amide bonds. The van der Waals surface area contributed by atoms with Crippen molar-refractivity contribution in [2.75, 3.05) is 13.2 Å². The van der Waals surface area contributed by atoms with Crippen molar-refractivity contribution in [2.24, 2.45) is 17.8 Å². The van der Waals surface area contributed by atoms with E-state index in [1.807, 2.05) is 20.8 Å². The van der Waals surface area contributed by atoms with Crippen LogP contribution in [0.3, 0.4) is 0 Å². The second-order valence-corrected chi connectivity index (χ2v) is 6.49. The molecule has 0 aliphatic heterocycles. The molecule has 4 nitrogen and oxygen atoms in total. The van der Waals surface area contributed by atoms with Crippen LogP contribution in [0.1, 0.15) is 34.6 Å². The molecule has 2 atom stereocenters. The average molecular weight is 276 g/mol. The summed E-state index contributed by atoms with van der Waals surface area (Å²) in [4.78, 5) is 12.4.